The zero-order chi connectivity index (χ0) is 18.3. The number of carboxylic acids is 1. The molecule has 4 rings (SSSR count). The maximum atomic E-state index is 11.2. The van der Waals surface area contributed by atoms with Gasteiger partial charge in [-0.05, 0) is 30.3 Å². The summed E-state index contributed by atoms with van der Waals surface area (Å²) in [5, 5.41) is 33.8. The van der Waals surface area contributed by atoms with E-state index in [0.717, 1.165) is 16.2 Å². The SMILES string of the molecule is O=C(O)c1ccc2c(c1)nc(Nc1ccc(O)c(O)c1)c1ccncc12. The normalized spacial score (nSPS) is 10.9. The van der Waals surface area contributed by atoms with Crippen molar-refractivity contribution < 1.29 is 20.1 Å². The summed E-state index contributed by atoms with van der Waals surface area (Å²) in [7, 11) is 0. The first-order chi connectivity index (χ1) is 12.5. The van der Waals surface area contributed by atoms with Crippen molar-refractivity contribution in [3.8, 4) is 11.5 Å². The fourth-order valence-electron chi connectivity index (χ4n) is 2.81. The van der Waals surface area contributed by atoms with E-state index in [1.54, 1.807) is 30.6 Å². The van der Waals surface area contributed by atoms with Crippen LogP contribution in [-0.4, -0.2) is 31.3 Å². The standard InChI is InChI=1S/C19H13N3O4/c23-16-4-2-11(8-17(16)24)21-18-13-5-6-20-9-14(13)12-3-1-10(19(25)26)7-15(12)22-18/h1-9,23-24H,(H,21,22)(H,25,26). The van der Waals surface area contributed by atoms with E-state index in [0.29, 0.717) is 17.0 Å². The molecule has 2 aromatic heterocycles. The minimum absolute atomic E-state index is 0.140. The van der Waals surface area contributed by atoms with E-state index in [1.165, 1.54) is 24.3 Å². The first-order valence-electron chi connectivity index (χ1n) is 7.73. The number of aromatic hydroxyl groups is 2. The molecule has 0 bridgehead atoms. The highest BCUT2D eigenvalue weighted by Crippen LogP contribution is 2.33. The predicted molar refractivity (Wildman–Crippen MR) is 97.1 cm³/mol. The second-order valence-corrected chi connectivity index (χ2v) is 5.75. The van der Waals surface area contributed by atoms with Gasteiger partial charge in [0.15, 0.2) is 11.5 Å². The molecule has 0 saturated heterocycles. The maximum absolute atomic E-state index is 11.2. The Bertz CT molecular complexity index is 1170. The van der Waals surface area contributed by atoms with Gasteiger partial charge >= 0.3 is 5.97 Å². The Kier molecular flexibility index (Phi) is 3.54. The monoisotopic (exact) mass is 347 g/mol. The summed E-state index contributed by atoms with van der Waals surface area (Å²) < 4.78 is 0. The second kappa shape index (κ2) is 5.89. The van der Waals surface area contributed by atoms with Crippen LogP contribution in [0.2, 0.25) is 0 Å². The van der Waals surface area contributed by atoms with Gasteiger partial charge in [-0.25, -0.2) is 9.78 Å². The van der Waals surface area contributed by atoms with Gasteiger partial charge in [0.2, 0.25) is 0 Å². The molecule has 0 aliphatic rings. The number of phenols is 2. The highest BCUT2D eigenvalue weighted by molar-refractivity contribution is 6.11. The van der Waals surface area contributed by atoms with Crippen LogP contribution >= 0.6 is 0 Å². The van der Waals surface area contributed by atoms with Crippen molar-refractivity contribution in [3.63, 3.8) is 0 Å². The van der Waals surface area contributed by atoms with Gasteiger partial charge in [-0.2, -0.15) is 0 Å². The van der Waals surface area contributed by atoms with Crippen LogP contribution in [-0.2, 0) is 0 Å². The molecule has 0 aliphatic carbocycles. The molecule has 0 radical (unpaired) electrons. The number of aromatic nitrogens is 2. The van der Waals surface area contributed by atoms with E-state index in [4.69, 9.17) is 0 Å². The quantitative estimate of drug-likeness (QED) is 0.254. The Morgan fingerprint density at radius 1 is 0.923 bits per heavy atom. The van der Waals surface area contributed by atoms with E-state index in [1.807, 2.05) is 0 Å². The number of benzene rings is 2. The van der Waals surface area contributed by atoms with E-state index < -0.39 is 5.97 Å². The molecule has 26 heavy (non-hydrogen) atoms. The highest BCUT2D eigenvalue weighted by Gasteiger charge is 2.12. The molecule has 4 aromatic rings. The summed E-state index contributed by atoms with van der Waals surface area (Å²) in [6, 6.07) is 10.9. The highest BCUT2D eigenvalue weighted by atomic mass is 16.4. The Balaban J connectivity index is 1.93. The lowest BCUT2D eigenvalue weighted by molar-refractivity contribution is 0.0697. The molecule has 2 heterocycles. The van der Waals surface area contributed by atoms with E-state index in [-0.39, 0.29) is 17.1 Å². The summed E-state index contributed by atoms with van der Waals surface area (Å²) in [5.41, 5.74) is 1.18. The van der Waals surface area contributed by atoms with Crippen LogP contribution in [0.1, 0.15) is 10.4 Å². The Labute approximate surface area is 147 Å². The van der Waals surface area contributed by atoms with Crippen molar-refractivity contribution in [2.24, 2.45) is 0 Å². The minimum Gasteiger partial charge on any atom is -0.504 e. The minimum atomic E-state index is -1.03. The molecule has 0 amide bonds. The average Bonchev–Trinajstić information content (AvgIpc) is 2.64. The van der Waals surface area contributed by atoms with Crippen molar-refractivity contribution in [1.29, 1.82) is 0 Å². The number of carboxylic acid groups (broad SMARTS) is 1. The first-order valence-corrected chi connectivity index (χ1v) is 7.73. The number of nitrogens with one attached hydrogen (secondary N) is 1. The first kappa shape index (κ1) is 15.6. The van der Waals surface area contributed by atoms with Gasteiger partial charge in [0.25, 0.3) is 0 Å². The van der Waals surface area contributed by atoms with Crippen molar-refractivity contribution >= 4 is 39.1 Å². The lowest BCUT2D eigenvalue weighted by Gasteiger charge is -2.12. The molecule has 0 saturated carbocycles. The number of pyridine rings is 2. The molecule has 128 valence electrons. The van der Waals surface area contributed by atoms with Gasteiger partial charge < -0.3 is 20.6 Å². The summed E-state index contributed by atoms with van der Waals surface area (Å²) in [6.07, 6.45) is 3.33. The van der Waals surface area contributed by atoms with Crippen molar-refractivity contribution in [3.05, 3.63) is 60.4 Å². The summed E-state index contributed by atoms with van der Waals surface area (Å²) in [4.78, 5) is 19.9. The van der Waals surface area contributed by atoms with Gasteiger partial charge in [0.1, 0.15) is 5.82 Å². The van der Waals surface area contributed by atoms with Crippen molar-refractivity contribution in [1.82, 2.24) is 9.97 Å². The second-order valence-electron chi connectivity index (χ2n) is 5.75. The average molecular weight is 347 g/mol. The molecular formula is C19H13N3O4. The number of hydrogen-bond donors (Lipinski definition) is 4. The molecule has 0 spiro atoms. The molecule has 7 heteroatoms. The molecule has 0 unspecified atom stereocenters. The zero-order valence-corrected chi connectivity index (χ0v) is 13.3. The van der Waals surface area contributed by atoms with Gasteiger partial charge in [-0.15, -0.1) is 0 Å². The largest absolute Gasteiger partial charge is 0.504 e. The third-order valence-corrected chi connectivity index (χ3v) is 4.08. The smallest absolute Gasteiger partial charge is 0.335 e. The fourth-order valence-corrected chi connectivity index (χ4v) is 2.81. The lowest BCUT2D eigenvalue weighted by atomic mass is 10.1. The van der Waals surface area contributed by atoms with E-state index in [2.05, 4.69) is 15.3 Å². The summed E-state index contributed by atoms with van der Waals surface area (Å²) >= 11 is 0. The number of phenolic OH excluding ortho intramolecular Hbond substituents is 2. The van der Waals surface area contributed by atoms with Gasteiger partial charge in [0.05, 0.1) is 11.1 Å². The molecule has 0 atom stereocenters. The molecule has 4 N–H and O–H groups in total. The van der Waals surface area contributed by atoms with Crippen LogP contribution in [0.4, 0.5) is 11.5 Å². The third-order valence-electron chi connectivity index (χ3n) is 4.08. The topological polar surface area (TPSA) is 116 Å². The predicted octanol–water partition coefficient (Wildman–Crippen LogP) is 3.64. The molecule has 0 fully saturated rings. The van der Waals surface area contributed by atoms with Gasteiger partial charge in [-0.1, -0.05) is 6.07 Å². The number of carbonyl (C=O) groups is 1. The summed E-state index contributed by atoms with van der Waals surface area (Å²) in [6.45, 7) is 0. The fraction of sp³-hybridized carbons (Fsp3) is 0. The van der Waals surface area contributed by atoms with Crippen LogP contribution in [0.15, 0.2) is 54.9 Å². The molecule has 7 nitrogen and oxygen atoms in total. The van der Waals surface area contributed by atoms with Crippen LogP contribution < -0.4 is 5.32 Å². The molecule has 2 aromatic carbocycles. The Morgan fingerprint density at radius 2 is 1.77 bits per heavy atom. The number of fused-ring (bicyclic) bond motifs is 3. The van der Waals surface area contributed by atoms with E-state index in [9.17, 15) is 20.1 Å². The van der Waals surface area contributed by atoms with Gasteiger partial charge in [-0.3, -0.25) is 4.98 Å². The number of rotatable bonds is 3. The van der Waals surface area contributed by atoms with Gasteiger partial charge in [0, 0.05) is 40.3 Å². The lowest BCUT2D eigenvalue weighted by Crippen LogP contribution is -1.99. The Hall–Kier alpha value is -3.87. The van der Waals surface area contributed by atoms with Crippen LogP contribution in [0.5, 0.6) is 11.5 Å². The molecule has 0 aliphatic heterocycles. The summed E-state index contributed by atoms with van der Waals surface area (Å²) in [5.74, 6) is -1.02. The van der Waals surface area contributed by atoms with Crippen LogP contribution in [0, 0.1) is 0 Å². The number of anilines is 2. The Morgan fingerprint density at radius 3 is 2.54 bits per heavy atom. The van der Waals surface area contributed by atoms with Crippen LogP contribution in [0.3, 0.4) is 0 Å². The van der Waals surface area contributed by atoms with Crippen molar-refractivity contribution in [2.75, 3.05) is 5.32 Å². The number of aromatic carboxylic acids is 1. The number of hydrogen-bond acceptors (Lipinski definition) is 6. The van der Waals surface area contributed by atoms with E-state index >= 15 is 0 Å². The third kappa shape index (κ3) is 2.61. The maximum Gasteiger partial charge on any atom is 0.335 e. The zero-order valence-electron chi connectivity index (χ0n) is 13.3. The number of nitrogens with zero attached hydrogens (tertiary/aromatic N) is 2. The molecular weight excluding hydrogens is 334 g/mol. The van der Waals surface area contributed by atoms with Crippen LogP contribution in [0.25, 0.3) is 21.7 Å². The van der Waals surface area contributed by atoms with Crippen molar-refractivity contribution in [2.45, 2.75) is 0 Å².